The number of fused-ring (bicyclic) bond motifs is 1. The summed E-state index contributed by atoms with van der Waals surface area (Å²) in [7, 11) is 5.42. The fourth-order valence-corrected chi connectivity index (χ4v) is 9.79. The molecule has 8 aromatic rings. The Bertz CT molecular complexity index is 3120. The number of thiophene rings is 1. The molecule has 5 aromatic carbocycles. The van der Waals surface area contributed by atoms with E-state index in [4.69, 9.17) is 55.0 Å². The fourth-order valence-electron chi connectivity index (χ4n) is 8.42. The molecular weight excluding hydrogens is 943 g/mol. The molecule has 13 nitrogen and oxygen atoms in total. The Kier molecular flexibility index (Phi) is 15.6. The maximum absolute atomic E-state index is 14.5. The number of halogens is 2. The summed E-state index contributed by atoms with van der Waals surface area (Å²) < 4.78 is 50.9. The number of carbonyl (C=O) groups is 1. The Morgan fingerprint density at radius 2 is 1.58 bits per heavy atom. The third-order valence-corrected chi connectivity index (χ3v) is 14.0. The van der Waals surface area contributed by atoms with Crippen LogP contribution in [0.5, 0.6) is 28.9 Å². The quantitative estimate of drug-likeness (QED) is 0.0776. The van der Waals surface area contributed by atoms with Crippen molar-refractivity contribution in [2.24, 2.45) is 0 Å². The maximum Gasteiger partial charge on any atom is 0.348 e. The minimum Gasteiger partial charge on any atom is -0.497 e. The standard InChI is InChI=1S/C55H52ClFN6O7S/c1-35-42(21-22-46(50(35)56)67-30-29-63-27-25-62(2)26-28-63)48-49-53(59-34-60-54(49)71-51(48)37-15-17-39(57)18-16-37)70-47(55(64)69-32-36-13-19-41(65-3)20-14-36)31-38-9-5-7-11-44(38)68-33-40-23-24-58-52(61-40)43-10-6-8-12-45(43)66-4/h5-24,34,47H,25-33H2,1-4H3/p+1/t47-/m1/s1. The Labute approximate surface area is 420 Å². The number of benzene rings is 5. The van der Waals surface area contributed by atoms with Crippen molar-refractivity contribution in [2.45, 2.75) is 32.7 Å². The van der Waals surface area contributed by atoms with E-state index in [9.17, 15) is 9.18 Å². The number of rotatable bonds is 19. The third kappa shape index (κ3) is 11.6. The number of esters is 1. The van der Waals surface area contributed by atoms with Gasteiger partial charge in [-0.2, -0.15) is 0 Å². The van der Waals surface area contributed by atoms with Crippen LogP contribution in [0.4, 0.5) is 4.39 Å². The van der Waals surface area contributed by atoms with Gasteiger partial charge in [0.2, 0.25) is 12.0 Å². The number of para-hydroxylation sites is 2. The van der Waals surface area contributed by atoms with Crippen LogP contribution in [0.1, 0.15) is 22.4 Å². The van der Waals surface area contributed by atoms with Gasteiger partial charge in [0.15, 0.2) is 5.82 Å². The number of hydrogen-bond acceptors (Lipinski definition) is 13. The molecule has 1 saturated heterocycles. The summed E-state index contributed by atoms with van der Waals surface area (Å²) >= 11 is 8.57. The number of aromatic nitrogens is 4. The molecule has 0 unspecified atom stereocenters. The van der Waals surface area contributed by atoms with E-state index in [-0.39, 0.29) is 31.3 Å². The highest BCUT2D eigenvalue weighted by Crippen LogP contribution is 2.49. The number of nitrogens with zero attached hydrogens (tertiary/aromatic N) is 5. The lowest BCUT2D eigenvalue weighted by Crippen LogP contribution is -3.12. The first-order valence-corrected chi connectivity index (χ1v) is 24.5. The van der Waals surface area contributed by atoms with E-state index in [0.717, 1.165) is 65.4 Å². The van der Waals surface area contributed by atoms with Gasteiger partial charge in [0, 0.05) is 42.7 Å². The van der Waals surface area contributed by atoms with Gasteiger partial charge in [-0.05, 0) is 89.3 Å². The molecule has 71 heavy (non-hydrogen) atoms. The molecule has 1 atom stereocenters. The summed E-state index contributed by atoms with van der Waals surface area (Å²) in [5.74, 6) is 2.06. The number of hydrogen-bond donors (Lipinski definition) is 1. The molecule has 0 saturated carbocycles. The van der Waals surface area contributed by atoms with Crippen LogP contribution in [0.15, 0.2) is 128 Å². The van der Waals surface area contributed by atoms with Crippen molar-refractivity contribution in [1.82, 2.24) is 24.8 Å². The van der Waals surface area contributed by atoms with Crippen LogP contribution < -0.4 is 28.6 Å². The number of ether oxygens (including phenoxy) is 6. The highest BCUT2D eigenvalue weighted by molar-refractivity contribution is 7.22. The van der Waals surface area contributed by atoms with Crippen LogP contribution >= 0.6 is 22.9 Å². The monoisotopic (exact) mass is 995 g/mol. The normalized spacial score (nSPS) is 13.4. The molecule has 0 spiro atoms. The summed E-state index contributed by atoms with van der Waals surface area (Å²) in [5, 5.41) is 1.01. The zero-order chi connectivity index (χ0) is 49.3. The molecule has 0 bridgehead atoms. The minimum atomic E-state index is -1.23. The van der Waals surface area contributed by atoms with Gasteiger partial charge in [-0.3, -0.25) is 4.90 Å². The van der Waals surface area contributed by atoms with E-state index in [1.807, 2.05) is 79.7 Å². The first-order chi connectivity index (χ1) is 34.6. The summed E-state index contributed by atoms with van der Waals surface area (Å²) in [6, 6.07) is 34.2. The largest absolute Gasteiger partial charge is 0.497 e. The van der Waals surface area contributed by atoms with E-state index >= 15 is 0 Å². The molecule has 1 N–H and O–H groups in total. The highest BCUT2D eigenvalue weighted by Gasteiger charge is 2.30. The van der Waals surface area contributed by atoms with Crippen molar-refractivity contribution in [3.05, 3.63) is 161 Å². The van der Waals surface area contributed by atoms with Gasteiger partial charge in [-0.25, -0.2) is 29.1 Å². The van der Waals surface area contributed by atoms with E-state index in [2.05, 4.69) is 16.9 Å². The first-order valence-electron chi connectivity index (χ1n) is 23.3. The molecule has 364 valence electrons. The average Bonchev–Trinajstić information content (AvgIpc) is 3.80. The second-order valence-electron chi connectivity index (χ2n) is 17.1. The van der Waals surface area contributed by atoms with Gasteiger partial charge in [0.05, 0.1) is 56.0 Å². The average molecular weight is 997 g/mol. The fraction of sp³-hybridized carbons (Fsp3) is 0.255. The van der Waals surface area contributed by atoms with E-state index < -0.39 is 12.1 Å². The van der Waals surface area contributed by atoms with Gasteiger partial charge in [0.1, 0.15) is 59.8 Å². The van der Waals surface area contributed by atoms with Crippen molar-refractivity contribution in [3.8, 4) is 61.8 Å². The Balaban J connectivity index is 1.05. The van der Waals surface area contributed by atoms with Gasteiger partial charge >= 0.3 is 5.97 Å². The SMILES string of the molecule is COc1ccc(COC(=O)[C@@H](Cc2ccccc2OCc2ccnc(-c3ccccc3OC)n2)Oc2ncnc3sc(-c4ccc(F)cc4)c(-c4ccc(OCCN5CC[NH+](C)CC5)c(Cl)c4C)c23)cc1. The molecule has 9 rings (SSSR count). The Hall–Kier alpha value is -7.17. The topological polar surface area (TPSA) is 132 Å². The number of quaternary nitrogens is 1. The predicted molar refractivity (Wildman–Crippen MR) is 272 cm³/mol. The molecule has 0 amide bonds. The second-order valence-corrected chi connectivity index (χ2v) is 18.5. The van der Waals surface area contributed by atoms with Crippen LogP contribution in [0.25, 0.3) is 43.2 Å². The van der Waals surface area contributed by atoms with E-state index in [0.29, 0.717) is 67.5 Å². The lowest BCUT2D eigenvalue weighted by Gasteiger charge is -2.29. The molecule has 3 aromatic heterocycles. The van der Waals surface area contributed by atoms with E-state index in [1.54, 1.807) is 50.7 Å². The van der Waals surface area contributed by atoms with Gasteiger partial charge < -0.3 is 33.3 Å². The summed E-state index contributed by atoms with van der Waals surface area (Å²) in [6.07, 6.45) is 1.90. The van der Waals surface area contributed by atoms with Crippen LogP contribution in [-0.4, -0.2) is 97.5 Å². The molecular formula is C55H53ClFN6O7S+. The number of nitrogens with one attached hydrogen (secondary N) is 1. The molecule has 16 heteroatoms. The van der Waals surface area contributed by atoms with Crippen molar-refractivity contribution in [1.29, 1.82) is 0 Å². The van der Waals surface area contributed by atoms with Crippen LogP contribution in [0, 0.1) is 12.7 Å². The Morgan fingerprint density at radius 3 is 2.35 bits per heavy atom. The summed E-state index contributed by atoms with van der Waals surface area (Å²) in [5.41, 5.74) is 5.80. The second kappa shape index (κ2) is 22.7. The molecule has 1 fully saturated rings. The molecule has 0 aliphatic carbocycles. The van der Waals surface area contributed by atoms with Crippen LogP contribution in [0.3, 0.4) is 0 Å². The highest BCUT2D eigenvalue weighted by atomic mass is 35.5. The minimum absolute atomic E-state index is 0.0247. The zero-order valence-corrected chi connectivity index (χ0v) is 41.4. The van der Waals surface area contributed by atoms with Crippen LogP contribution in [0.2, 0.25) is 5.02 Å². The number of carbonyl (C=O) groups excluding carboxylic acids is 1. The number of likely N-dealkylation sites (N-methyl/N-ethyl adjacent to an activating group) is 1. The van der Waals surface area contributed by atoms with E-state index in [1.165, 1.54) is 34.7 Å². The van der Waals surface area contributed by atoms with Crippen LogP contribution in [-0.2, 0) is 29.2 Å². The molecule has 1 aliphatic heterocycles. The van der Waals surface area contributed by atoms with Crippen molar-refractivity contribution in [2.75, 3.05) is 60.6 Å². The third-order valence-electron chi connectivity index (χ3n) is 12.4. The summed E-state index contributed by atoms with van der Waals surface area (Å²) in [4.78, 5) is 38.5. The first kappa shape index (κ1) is 48.8. The number of piperazine rings is 1. The molecule has 1 aliphatic rings. The lowest BCUT2D eigenvalue weighted by molar-refractivity contribution is -0.884. The smallest absolute Gasteiger partial charge is 0.348 e. The summed E-state index contributed by atoms with van der Waals surface area (Å²) in [6.45, 7) is 7.53. The van der Waals surface area contributed by atoms with Gasteiger partial charge in [-0.1, -0.05) is 72.3 Å². The van der Waals surface area contributed by atoms with Gasteiger partial charge in [-0.15, -0.1) is 11.3 Å². The molecule has 0 radical (unpaired) electrons. The zero-order valence-electron chi connectivity index (χ0n) is 39.8. The predicted octanol–water partition coefficient (Wildman–Crippen LogP) is 9.12. The van der Waals surface area contributed by atoms with Crippen molar-refractivity contribution >= 4 is 39.1 Å². The number of methoxy groups -OCH3 is 2. The van der Waals surface area contributed by atoms with Crippen molar-refractivity contribution in [3.63, 3.8) is 0 Å². The lowest BCUT2D eigenvalue weighted by atomic mass is 9.96. The molecule has 4 heterocycles. The Morgan fingerprint density at radius 1 is 0.817 bits per heavy atom. The van der Waals surface area contributed by atoms with Gasteiger partial charge in [0.25, 0.3) is 0 Å². The van der Waals surface area contributed by atoms with Crippen molar-refractivity contribution < 1.29 is 42.5 Å². The maximum atomic E-state index is 14.5.